The minimum atomic E-state index is 0.428. The van der Waals surface area contributed by atoms with Crippen LogP contribution in [0, 0.1) is 5.41 Å². The SMILES string of the molecule is CN/C=C\C(=N)c1cccc(Cn2cc(Cc3cc(N)nc4[nH]nnc34)cn2)c1. The molecule has 0 unspecified atom stereocenters. The Balaban J connectivity index is 1.50. The number of aromatic amines is 1. The number of aromatic nitrogens is 6. The second kappa shape index (κ2) is 7.93. The fraction of sp³-hybridized carbons (Fsp3) is 0.150. The zero-order chi connectivity index (χ0) is 20.2. The Morgan fingerprint density at radius 3 is 3.07 bits per heavy atom. The average molecular weight is 387 g/mol. The fourth-order valence-corrected chi connectivity index (χ4v) is 3.15. The molecule has 0 spiro atoms. The average Bonchev–Trinajstić information content (AvgIpc) is 3.35. The second-order valence-electron chi connectivity index (χ2n) is 6.67. The number of allylic oxidation sites excluding steroid dienone is 1. The summed E-state index contributed by atoms with van der Waals surface area (Å²) in [4.78, 5) is 4.19. The van der Waals surface area contributed by atoms with Gasteiger partial charge in [-0.25, -0.2) is 10.1 Å². The highest BCUT2D eigenvalue weighted by molar-refractivity contribution is 6.06. The van der Waals surface area contributed by atoms with E-state index in [-0.39, 0.29) is 0 Å². The summed E-state index contributed by atoms with van der Waals surface area (Å²) in [5.74, 6) is 0.428. The summed E-state index contributed by atoms with van der Waals surface area (Å²) in [7, 11) is 1.81. The summed E-state index contributed by atoms with van der Waals surface area (Å²) in [6.07, 6.45) is 7.95. The number of pyridine rings is 1. The quantitative estimate of drug-likeness (QED) is 0.358. The van der Waals surface area contributed by atoms with Gasteiger partial charge >= 0.3 is 0 Å². The molecular weight excluding hydrogens is 366 g/mol. The first-order valence-corrected chi connectivity index (χ1v) is 9.11. The van der Waals surface area contributed by atoms with Crippen molar-refractivity contribution in [3.8, 4) is 0 Å². The topological polar surface area (TPSA) is 134 Å². The molecule has 0 bridgehead atoms. The van der Waals surface area contributed by atoms with Gasteiger partial charge in [-0.3, -0.25) is 4.68 Å². The normalized spacial score (nSPS) is 11.3. The van der Waals surface area contributed by atoms with Gasteiger partial charge in [0.1, 0.15) is 11.3 Å². The molecule has 9 nitrogen and oxygen atoms in total. The van der Waals surface area contributed by atoms with Gasteiger partial charge in [0.25, 0.3) is 0 Å². The van der Waals surface area contributed by atoms with Gasteiger partial charge in [0, 0.05) is 19.7 Å². The third-order valence-corrected chi connectivity index (χ3v) is 4.48. The fourth-order valence-electron chi connectivity index (χ4n) is 3.15. The van der Waals surface area contributed by atoms with Crippen LogP contribution in [0.5, 0.6) is 0 Å². The number of hydrogen-bond donors (Lipinski definition) is 4. The first-order chi connectivity index (χ1) is 14.1. The largest absolute Gasteiger partial charge is 0.394 e. The molecule has 0 fully saturated rings. The van der Waals surface area contributed by atoms with Crippen molar-refractivity contribution < 1.29 is 0 Å². The maximum absolute atomic E-state index is 8.13. The van der Waals surface area contributed by atoms with Gasteiger partial charge in [-0.2, -0.15) is 5.10 Å². The third kappa shape index (κ3) is 4.13. The molecule has 4 aromatic rings. The zero-order valence-electron chi connectivity index (χ0n) is 15.9. The van der Waals surface area contributed by atoms with Crippen molar-refractivity contribution in [2.75, 3.05) is 12.8 Å². The Hall–Kier alpha value is -4.01. The lowest BCUT2D eigenvalue weighted by molar-refractivity contribution is 0.686. The minimum Gasteiger partial charge on any atom is -0.394 e. The molecule has 0 saturated carbocycles. The van der Waals surface area contributed by atoms with E-state index >= 15 is 0 Å². The smallest absolute Gasteiger partial charge is 0.178 e. The van der Waals surface area contributed by atoms with Gasteiger partial charge in [0.15, 0.2) is 5.65 Å². The number of nitrogen functional groups attached to an aromatic ring is 1. The van der Waals surface area contributed by atoms with Gasteiger partial charge in [-0.05, 0) is 46.7 Å². The summed E-state index contributed by atoms with van der Waals surface area (Å²) >= 11 is 0. The van der Waals surface area contributed by atoms with E-state index in [4.69, 9.17) is 11.1 Å². The molecule has 0 aliphatic carbocycles. The summed E-state index contributed by atoms with van der Waals surface area (Å²) < 4.78 is 1.88. The molecule has 0 atom stereocenters. The first-order valence-electron chi connectivity index (χ1n) is 9.11. The Morgan fingerprint density at radius 2 is 2.21 bits per heavy atom. The Labute approximate surface area is 167 Å². The highest BCUT2D eigenvalue weighted by atomic mass is 15.3. The van der Waals surface area contributed by atoms with Gasteiger partial charge in [0.05, 0.1) is 18.5 Å². The highest BCUT2D eigenvalue weighted by Crippen LogP contribution is 2.19. The van der Waals surface area contributed by atoms with Crippen LogP contribution in [0.1, 0.15) is 22.3 Å². The number of benzene rings is 1. The molecule has 1 aromatic carbocycles. The lowest BCUT2D eigenvalue weighted by Crippen LogP contribution is -2.03. The highest BCUT2D eigenvalue weighted by Gasteiger charge is 2.10. The van der Waals surface area contributed by atoms with Gasteiger partial charge < -0.3 is 16.5 Å². The Kier molecular flexibility index (Phi) is 5.02. The van der Waals surface area contributed by atoms with E-state index in [9.17, 15) is 0 Å². The van der Waals surface area contributed by atoms with E-state index in [2.05, 4.69) is 30.8 Å². The Morgan fingerprint density at radius 1 is 1.31 bits per heavy atom. The number of anilines is 1. The van der Waals surface area contributed by atoms with Crippen LogP contribution in [0.4, 0.5) is 5.82 Å². The molecule has 4 rings (SSSR count). The molecule has 0 amide bonds. The van der Waals surface area contributed by atoms with Crippen LogP contribution in [0.15, 0.2) is 55.0 Å². The summed E-state index contributed by atoms with van der Waals surface area (Å²) in [5.41, 5.74) is 11.6. The number of nitrogens with zero attached hydrogens (tertiary/aromatic N) is 5. The van der Waals surface area contributed by atoms with Crippen LogP contribution in [-0.4, -0.2) is 42.9 Å². The molecule has 3 heterocycles. The number of rotatable bonds is 7. The third-order valence-electron chi connectivity index (χ3n) is 4.48. The Bertz CT molecular complexity index is 1190. The molecular formula is C20H21N9. The minimum absolute atomic E-state index is 0.428. The predicted molar refractivity (Wildman–Crippen MR) is 112 cm³/mol. The molecule has 9 heteroatoms. The second-order valence-corrected chi connectivity index (χ2v) is 6.67. The molecule has 0 aliphatic heterocycles. The number of H-pyrrole nitrogens is 1. The molecule has 29 heavy (non-hydrogen) atoms. The lowest BCUT2D eigenvalue weighted by atomic mass is 10.1. The van der Waals surface area contributed by atoms with Crippen molar-refractivity contribution in [3.63, 3.8) is 0 Å². The van der Waals surface area contributed by atoms with Crippen LogP contribution in [0.3, 0.4) is 0 Å². The maximum Gasteiger partial charge on any atom is 0.178 e. The van der Waals surface area contributed by atoms with Crippen molar-refractivity contribution in [2.45, 2.75) is 13.0 Å². The van der Waals surface area contributed by atoms with Crippen LogP contribution >= 0.6 is 0 Å². The standard InChI is InChI=1S/C20H21N9/c1-23-6-5-17(21)15-4-2-3-13(7-15)11-29-12-14(10-24-29)8-16-9-18(22)25-20-19(16)26-28-27-20/h2-7,9-10,12,21,23H,8,11H2,1H3,(H3,22,25,26,27,28)/b6-5-,21-17?. The monoisotopic (exact) mass is 387 g/mol. The first kappa shape index (κ1) is 18.4. The maximum atomic E-state index is 8.13. The van der Waals surface area contributed by atoms with Crippen molar-refractivity contribution in [1.29, 1.82) is 5.41 Å². The van der Waals surface area contributed by atoms with Crippen molar-refractivity contribution in [2.24, 2.45) is 0 Å². The summed E-state index contributed by atoms with van der Waals surface area (Å²) in [6, 6.07) is 9.74. The van der Waals surface area contributed by atoms with Crippen LogP contribution in [0.2, 0.25) is 0 Å². The number of fused-ring (bicyclic) bond motifs is 1. The zero-order valence-corrected chi connectivity index (χ0v) is 15.9. The van der Waals surface area contributed by atoms with Crippen LogP contribution < -0.4 is 11.1 Å². The van der Waals surface area contributed by atoms with Crippen LogP contribution in [-0.2, 0) is 13.0 Å². The molecule has 0 radical (unpaired) electrons. The number of hydrogen-bond acceptors (Lipinski definition) is 7. The molecule has 0 aliphatic rings. The van der Waals surface area contributed by atoms with Gasteiger partial charge in [0.2, 0.25) is 0 Å². The lowest BCUT2D eigenvalue weighted by Gasteiger charge is -2.05. The van der Waals surface area contributed by atoms with Crippen molar-refractivity contribution >= 4 is 22.7 Å². The predicted octanol–water partition coefficient (Wildman–Crippen LogP) is 1.87. The van der Waals surface area contributed by atoms with Crippen molar-refractivity contribution in [1.82, 2.24) is 35.5 Å². The van der Waals surface area contributed by atoms with E-state index in [1.165, 1.54) is 0 Å². The summed E-state index contributed by atoms with van der Waals surface area (Å²) in [5, 5.41) is 26.2. The van der Waals surface area contributed by atoms with E-state index in [0.717, 1.165) is 22.3 Å². The van der Waals surface area contributed by atoms with Crippen LogP contribution in [0.25, 0.3) is 11.2 Å². The van der Waals surface area contributed by atoms with E-state index in [1.54, 1.807) is 12.3 Å². The van der Waals surface area contributed by atoms with E-state index < -0.39 is 0 Å². The van der Waals surface area contributed by atoms with Gasteiger partial charge in [-0.1, -0.05) is 23.4 Å². The summed E-state index contributed by atoms with van der Waals surface area (Å²) in [6.45, 7) is 0.620. The molecule has 146 valence electrons. The molecule has 3 aromatic heterocycles. The molecule has 0 saturated heterocycles. The van der Waals surface area contributed by atoms with E-state index in [0.29, 0.717) is 35.7 Å². The molecule has 5 N–H and O–H groups in total. The van der Waals surface area contributed by atoms with Gasteiger partial charge in [-0.15, -0.1) is 5.10 Å². The van der Waals surface area contributed by atoms with Crippen molar-refractivity contribution in [3.05, 3.63) is 77.3 Å². The number of nitrogens with two attached hydrogens (primary N) is 1. The number of nitrogens with one attached hydrogen (secondary N) is 3. The van der Waals surface area contributed by atoms with E-state index in [1.807, 2.05) is 54.5 Å².